The van der Waals surface area contributed by atoms with Gasteiger partial charge in [0.15, 0.2) is 11.5 Å². The molecule has 1 aliphatic heterocycles. The summed E-state index contributed by atoms with van der Waals surface area (Å²) in [6, 6.07) is 8.50. The van der Waals surface area contributed by atoms with Crippen LogP contribution in [-0.4, -0.2) is 72.2 Å². The number of hydrogen-bond donors (Lipinski definition) is 1. The van der Waals surface area contributed by atoms with Crippen molar-refractivity contribution in [2.75, 3.05) is 52.9 Å². The lowest BCUT2D eigenvalue weighted by atomic mass is 10.1. The number of anilines is 1. The highest BCUT2D eigenvalue weighted by atomic mass is 32.2. The van der Waals surface area contributed by atoms with Gasteiger partial charge in [-0.15, -0.1) is 0 Å². The summed E-state index contributed by atoms with van der Waals surface area (Å²) < 4.78 is 47.6. The van der Waals surface area contributed by atoms with Crippen LogP contribution in [0.5, 0.6) is 11.5 Å². The van der Waals surface area contributed by atoms with Crippen LogP contribution in [0.25, 0.3) is 0 Å². The number of hydrogen-bond acceptors (Lipinski definition) is 8. The van der Waals surface area contributed by atoms with Crippen molar-refractivity contribution in [1.29, 1.82) is 0 Å². The summed E-state index contributed by atoms with van der Waals surface area (Å²) in [5.74, 6) is -0.727. The van der Waals surface area contributed by atoms with E-state index in [-0.39, 0.29) is 40.5 Å². The molecule has 0 radical (unpaired) electrons. The van der Waals surface area contributed by atoms with Crippen LogP contribution in [0, 0.1) is 0 Å². The molecule has 0 unspecified atom stereocenters. The molecule has 0 atom stereocenters. The molecule has 0 aliphatic carbocycles. The van der Waals surface area contributed by atoms with E-state index in [0.29, 0.717) is 19.0 Å². The lowest BCUT2D eigenvalue weighted by Crippen LogP contribution is -2.40. The van der Waals surface area contributed by atoms with E-state index in [1.807, 2.05) is 0 Å². The minimum atomic E-state index is -3.77. The fraction of sp³-hybridized carbons (Fsp3) is 0.333. The molecule has 32 heavy (non-hydrogen) atoms. The van der Waals surface area contributed by atoms with Crippen molar-refractivity contribution in [3.63, 3.8) is 0 Å². The second kappa shape index (κ2) is 9.98. The van der Waals surface area contributed by atoms with E-state index in [2.05, 4.69) is 5.32 Å². The number of benzene rings is 2. The number of nitrogens with zero attached hydrogens (tertiary/aromatic N) is 1. The zero-order valence-corrected chi connectivity index (χ0v) is 18.7. The Bertz CT molecular complexity index is 1110. The monoisotopic (exact) mass is 464 g/mol. The van der Waals surface area contributed by atoms with Crippen LogP contribution in [-0.2, 0) is 19.5 Å². The van der Waals surface area contributed by atoms with E-state index in [1.165, 1.54) is 62.0 Å². The van der Waals surface area contributed by atoms with Crippen molar-refractivity contribution in [2.24, 2.45) is 0 Å². The quantitative estimate of drug-likeness (QED) is 0.616. The number of carbonyl (C=O) groups excluding carboxylic acids is 2. The molecular weight excluding hydrogens is 440 g/mol. The summed E-state index contributed by atoms with van der Waals surface area (Å²) in [7, 11) is 0.272. The van der Waals surface area contributed by atoms with Crippen molar-refractivity contribution in [1.82, 2.24) is 4.31 Å². The molecule has 0 aromatic heterocycles. The highest BCUT2D eigenvalue weighted by molar-refractivity contribution is 7.89. The van der Waals surface area contributed by atoms with Crippen LogP contribution in [0.15, 0.2) is 41.3 Å². The molecule has 3 rings (SSSR count). The van der Waals surface area contributed by atoms with E-state index in [1.54, 1.807) is 0 Å². The van der Waals surface area contributed by atoms with Gasteiger partial charge in [0, 0.05) is 30.8 Å². The minimum absolute atomic E-state index is 0.00690. The summed E-state index contributed by atoms with van der Waals surface area (Å²) in [4.78, 5) is 25.1. The number of carbonyl (C=O) groups is 2. The molecule has 1 heterocycles. The average Bonchev–Trinajstić information content (AvgIpc) is 2.83. The van der Waals surface area contributed by atoms with Gasteiger partial charge in [-0.1, -0.05) is 6.07 Å². The number of sulfonamides is 1. The van der Waals surface area contributed by atoms with E-state index in [9.17, 15) is 18.0 Å². The van der Waals surface area contributed by atoms with E-state index in [4.69, 9.17) is 18.9 Å². The number of morpholine rings is 1. The van der Waals surface area contributed by atoms with Gasteiger partial charge in [-0.2, -0.15) is 4.31 Å². The molecular formula is C21H24N2O8S. The molecule has 1 aliphatic rings. The fourth-order valence-corrected chi connectivity index (χ4v) is 4.64. The standard InChI is InChI=1S/C21H24N2O8S/c1-28-18-12-16(21(25)30-3)17(13-19(18)29-2)22-20(24)14-5-4-6-15(11-14)32(26,27)23-7-9-31-10-8-23/h4-6,11-13H,7-10H2,1-3H3,(H,22,24). The van der Waals surface area contributed by atoms with Crippen molar-refractivity contribution in [3.8, 4) is 11.5 Å². The Kier molecular flexibility index (Phi) is 7.33. The predicted molar refractivity (Wildman–Crippen MR) is 115 cm³/mol. The summed E-state index contributed by atoms with van der Waals surface area (Å²) >= 11 is 0. The first-order valence-corrected chi connectivity index (χ1v) is 11.1. The first kappa shape index (κ1) is 23.5. The SMILES string of the molecule is COC(=O)c1cc(OC)c(OC)cc1NC(=O)c1cccc(S(=O)(=O)N2CCOCC2)c1. The van der Waals surface area contributed by atoms with Crippen LogP contribution in [0.2, 0.25) is 0 Å². The van der Waals surface area contributed by atoms with Crippen molar-refractivity contribution < 1.29 is 37.0 Å². The lowest BCUT2D eigenvalue weighted by molar-refractivity contribution is 0.0601. The topological polar surface area (TPSA) is 120 Å². The van der Waals surface area contributed by atoms with E-state index in [0.717, 1.165) is 0 Å². The maximum atomic E-state index is 12.9. The van der Waals surface area contributed by atoms with Crippen LogP contribution < -0.4 is 14.8 Å². The van der Waals surface area contributed by atoms with Crippen molar-refractivity contribution in [2.45, 2.75) is 4.90 Å². The van der Waals surface area contributed by atoms with E-state index >= 15 is 0 Å². The summed E-state index contributed by atoms with van der Waals surface area (Å²) in [6.07, 6.45) is 0. The van der Waals surface area contributed by atoms with Gasteiger partial charge in [-0.3, -0.25) is 4.79 Å². The second-order valence-corrected chi connectivity index (χ2v) is 8.68. The first-order chi connectivity index (χ1) is 15.3. The summed E-state index contributed by atoms with van der Waals surface area (Å²) in [5, 5.41) is 2.62. The number of nitrogens with one attached hydrogen (secondary N) is 1. The van der Waals surface area contributed by atoms with Crippen molar-refractivity contribution in [3.05, 3.63) is 47.5 Å². The Morgan fingerprint density at radius 3 is 2.28 bits per heavy atom. The third-order valence-corrected chi connectivity index (χ3v) is 6.78. The lowest BCUT2D eigenvalue weighted by Gasteiger charge is -2.26. The molecule has 10 nitrogen and oxygen atoms in total. The Morgan fingerprint density at radius 1 is 1.00 bits per heavy atom. The van der Waals surface area contributed by atoms with Crippen LogP contribution in [0.1, 0.15) is 20.7 Å². The summed E-state index contributed by atoms with van der Waals surface area (Å²) in [5.41, 5.74) is 0.279. The number of esters is 1. The smallest absolute Gasteiger partial charge is 0.340 e. The maximum absolute atomic E-state index is 12.9. The molecule has 1 saturated heterocycles. The van der Waals surface area contributed by atoms with Crippen LogP contribution in [0.4, 0.5) is 5.69 Å². The van der Waals surface area contributed by atoms with Gasteiger partial charge in [0.05, 0.1) is 50.7 Å². The Labute approximate surface area is 186 Å². The molecule has 0 spiro atoms. The molecule has 1 N–H and O–H groups in total. The third kappa shape index (κ3) is 4.85. The van der Waals surface area contributed by atoms with Gasteiger partial charge in [0.2, 0.25) is 10.0 Å². The maximum Gasteiger partial charge on any atom is 0.340 e. The van der Waals surface area contributed by atoms with Gasteiger partial charge in [0.1, 0.15) is 0 Å². The second-order valence-electron chi connectivity index (χ2n) is 6.74. The predicted octanol–water partition coefficient (Wildman–Crippen LogP) is 1.76. The molecule has 11 heteroatoms. The largest absolute Gasteiger partial charge is 0.493 e. The number of rotatable bonds is 7. The number of amides is 1. The Hall–Kier alpha value is -3.15. The molecule has 2 aromatic rings. The third-order valence-electron chi connectivity index (χ3n) is 4.88. The van der Waals surface area contributed by atoms with Gasteiger partial charge in [-0.05, 0) is 18.2 Å². The Balaban J connectivity index is 1.92. The molecule has 0 saturated carbocycles. The molecule has 172 valence electrons. The molecule has 0 bridgehead atoms. The van der Waals surface area contributed by atoms with Gasteiger partial charge in [-0.25, -0.2) is 13.2 Å². The van der Waals surface area contributed by atoms with E-state index < -0.39 is 21.9 Å². The van der Waals surface area contributed by atoms with Crippen LogP contribution >= 0.6 is 0 Å². The minimum Gasteiger partial charge on any atom is -0.493 e. The molecule has 1 amide bonds. The van der Waals surface area contributed by atoms with Crippen molar-refractivity contribution >= 4 is 27.6 Å². The normalized spacial score (nSPS) is 14.5. The summed E-state index contributed by atoms with van der Waals surface area (Å²) in [6.45, 7) is 1.11. The molecule has 2 aromatic carbocycles. The first-order valence-electron chi connectivity index (χ1n) is 9.65. The zero-order valence-electron chi connectivity index (χ0n) is 17.9. The van der Waals surface area contributed by atoms with Gasteiger partial charge >= 0.3 is 5.97 Å². The number of ether oxygens (including phenoxy) is 4. The van der Waals surface area contributed by atoms with Crippen LogP contribution in [0.3, 0.4) is 0 Å². The Morgan fingerprint density at radius 2 is 1.66 bits per heavy atom. The van der Waals surface area contributed by atoms with Gasteiger partial charge in [0.25, 0.3) is 5.91 Å². The average molecular weight is 464 g/mol. The number of methoxy groups -OCH3 is 3. The highest BCUT2D eigenvalue weighted by Gasteiger charge is 2.27. The zero-order chi connectivity index (χ0) is 23.3. The molecule has 1 fully saturated rings. The highest BCUT2D eigenvalue weighted by Crippen LogP contribution is 2.34. The van der Waals surface area contributed by atoms with Gasteiger partial charge < -0.3 is 24.3 Å². The fourth-order valence-electron chi connectivity index (χ4n) is 3.19.